The van der Waals surface area contributed by atoms with E-state index in [0.29, 0.717) is 6.42 Å². The average molecular weight is 359 g/mol. The molecular formula is C18H27ClO5. The lowest BCUT2D eigenvalue weighted by Crippen LogP contribution is -2.52. The zero-order valence-electron chi connectivity index (χ0n) is 14.8. The van der Waals surface area contributed by atoms with Crippen molar-refractivity contribution in [1.29, 1.82) is 0 Å². The number of hydrogen-bond donors (Lipinski definition) is 0. The number of alkyl halides is 1. The van der Waals surface area contributed by atoms with E-state index in [-0.39, 0.29) is 53.8 Å². The van der Waals surface area contributed by atoms with Crippen molar-refractivity contribution < 1.29 is 23.7 Å². The predicted molar refractivity (Wildman–Crippen MR) is 89.9 cm³/mol. The van der Waals surface area contributed by atoms with Gasteiger partial charge in [0.1, 0.15) is 6.10 Å². The molecule has 0 radical (unpaired) electrons. The van der Waals surface area contributed by atoms with E-state index < -0.39 is 5.60 Å². The molecule has 2 saturated carbocycles. The summed E-state index contributed by atoms with van der Waals surface area (Å²) in [5.74, 6) is 0.0921. The van der Waals surface area contributed by atoms with Crippen molar-refractivity contribution >= 4 is 17.6 Å². The fourth-order valence-electron chi connectivity index (χ4n) is 5.23. The Morgan fingerprint density at radius 3 is 2.50 bits per heavy atom. The largest absolute Gasteiger partial charge is 0.459 e. The second kappa shape index (κ2) is 6.60. The van der Waals surface area contributed by atoms with Crippen LogP contribution in [0.2, 0.25) is 0 Å². The number of halogens is 1. The quantitative estimate of drug-likeness (QED) is 0.439. The average Bonchev–Trinajstić information content (AvgIpc) is 3.02. The number of hydrogen-bond acceptors (Lipinski definition) is 5. The molecule has 0 bridgehead atoms. The Bertz CT molecular complexity index is 518. The number of rotatable bonds is 4. The topological polar surface area (TPSA) is 54.0 Å². The van der Waals surface area contributed by atoms with Crippen molar-refractivity contribution in [3.05, 3.63) is 12.2 Å². The first-order chi connectivity index (χ1) is 11.4. The Morgan fingerprint density at radius 2 is 1.96 bits per heavy atom. The van der Waals surface area contributed by atoms with Crippen molar-refractivity contribution in [1.82, 2.24) is 0 Å². The molecule has 0 N–H and O–H groups in total. The highest BCUT2D eigenvalue weighted by molar-refractivity contribution is 6.20. The Kier molecular flexibility index (Phi) is 5.00. The van der Waals surface area contributed by atoms with E-state index >= 15 is 0 Å². The van der Waals surface area contributed by atoms with Gasteiger partial charge in [-0.1, -0.05) is 19.1 Å². The Hall–Kier alpha value is -0.620. The van der Waals surface area contributed by atoms with Crippen LogP contribution in [0.3, 0.4) is 0 Å². The Balaban J connectivity index is 2.07. The molecule has 2 aliphatic carbocycles. The van der Waals surface area contributed by atoms with Gasteiger partial charge in [0.25, 0.3) is 0 Å². The molecule has 6 heteroatoms. The molecule has 1 saturated heterocycles. The minimum Gasteiger partial charge on any atom is -0.459 e. The summed E-state index contributed by atoms with van der Waals surface area (Å²) in [6.07, 6.45) is 1.23. The molecule has 136 valence electrons. The lowest BCUT2D eigenvalue weighted by atomic mass is 9.75. The van der Waals surface area contributed by atoms with Gasteiger partial charge in [0, 0.05) is 27.2 Å². The summed E-state index contributed by atoms with van der Waals surface area (Å²) >= 11 is 6.20. The predicted octanol–water partition coefficient (Wildman–Crippen LogP) is 2.41. The number of esters is 1. The van der Waals surface area contributed by atoms with Crippen LogP contribution in [-0.4, -0.2) is 57.1 Å². The van der Waals surface area contributed by atoms with E-state index in [9.17, 15) is 4.79 Å². The molecule has 0 aromatic rings. The van der Waals surface area contributed by atoms with Crippen LogP contribution in [0.25, 0.3) is 0 Å². The minimum atomic E-state index is -1.16. The number of carbonyl (C=O) groups is 1. The van der Waals surface area contributed by atoms with Gasteiger partial charge in [-0.05, 0) is 24.7 Å². The lowest BCUT2D eigenvalue weighted by molar-refractivity contribution is -0.158. The third-order valence-electron chi connectivity index (χ3n) is 6.56. The Morgan fingerprint density at radius 1 is 1.29 bits per heavy atom. The first-order valence-corrected chi connectivity index (χ1v) is 9.04. The van der Waals surface area contributed by atoms with Crippen LogP contribution in [0.4, 0.5) is 0 Å². The molecule has 1 aliphatic heterocycles. The van der Waals surface area contributed by atoms with Crippen LogP contribution in [0, 0.1) is 23.7 Å². The van der Waals surface area contributed by atoms with Gasteiger partial charge in [-0.25, -0.2) is 4.79 Å². The van der Waals surface area contributed by atoms with Gasteiger partial charge < -0.3 is 18.9 Å². The summed E-state index contributed by atoms with van der Waals surface area (Å²) < 4.78 is 22.9. The van der Waals surface area contributed by atoms with Crippen LogP contribution in [0.5, 0.6) is 0 Å². The van der Waals surface area contributed by atoms with E-state index in [0.717, 1.165) is 12.0 Å². The highest BCUT2D eigenvalue weighted by Gasteiger charge is 2.66. The van der Waals surface area contributed by atoms with Crippen molar-refractivity contribution in [3.8, 4) is 0 Å². The molecule has 0 aromatic carbocycles. The highest BCUT2D eigenvalue weighted by atomic mass is 35.5. The number of ether oxygens (including phenoxy) is 4. The maximum Gasteiger partial charge on any atom is 0.340 e. The van der Waals surface area contributed by atoms with Gasteiger partial charge in [0.15, 0.2) is 5.60 Å². The van der Waals surface area contributed by atoms with Crippen LogP contribution < -0.4 is 0 Å². The lowest BCUT2D eigenvalue weighted by Gasteiger charge is -2.35. The van der Waals surface area contributed by atoms with Gasteiger partial charge in [-0.15, -0.1) is 11.6 Å². The number of methoxy groups -OCH3 is 3. The van der Waals surface area contributed by atoms with Crippen molar-refractivity contribution in [2.45, 2.75) is 43.7 Å². The summed E-state index contributed by atoms with van der Waals surface area (Å²) in [7, 11) is 4.92. The third kappa shape index (κ3) is 2.36. The third-order valence-corrected chi connectivity index (χ3v) is 6.96. The molecule has 0 aromatic heterocycles. The molecule has 8 atom stereocenters. The normalized spacial score (nSPS) is 48.0. The molecule has 1 heterocycles. The first kappa shape index (κ1) is 18.2. The van der Waals surface area contributed by atoms with Crippen LogP contribution >= 0.6 is 11.6 Å². The first-order valence-electron chi connectivity index (χ1n) is 8.50. The molecule has 3 fully saturated rings. The van der Waals surface area contributed by atoms with Gasteiger partial charge in [0.2, 0.25) is 0 Å². The fraction of sp³-hybridized carbons (Fsp3) is 0.833. The zero-order chi connectivity index (χ0) is 17.6. The Labute approximate surface area is 148 Å². The summed E-state index contributed by atoms with van der Waals surface area (Å²) in [5, 5.41) is 0. The second-order valence-electron chi connectivity index (χ2n) is 7.31. The van der Waals surface area contributed by atoms with E-state index in [1.165, 1.54) is 7.11 Å². The molecular weight excluding hydrogens is 332 g/mol. The standard InChI is InChI=1S/C18H27ClO5/c1-9-6-13(22-4)15-16(24-17(20)18(15,8-19)23-5)14-10(2)12(21-3)7-11(9)14/h10-16H,1,6-8H2,2-5H3. The van der Waals surface area contributed by atoms with E-state index in [4.69, 9.17) is 30.5 Å². The van der Waals surface area contributed by atoms with Gasteiger partial charge in [0.05, 0.1) is 24.0 Å². The van der Waals surface area contributed by atoms with Crippen molar-refractivity contribution in [3.63, 3.8) is 0 Å². The van der Waals surface area contributed by atoms with Gasteiger partial charge in [-0.3, -0.25) is 0 Å². The maximum atomic E-state index is 12.7. The summed E-state index contributed by atoms with van der Waals surface area (Å²) in [5.41, 5.74) is -0.0179. The second-order valence-corrected chi connectivity index (χ2v) is 7.58. The minimum absolute atomic E-state index is 0.0509. The zero-order valence-corrected chi connectivity index (χ0v) is 15.5. The molecule has 3 aliphatic rings. The molecule has 0 spiro atoms. The van der Waals surface area contributed by atoms with Crippen molar-refractivity contribution in [2.75, 3.05) is 27.2 Å². The molecule has 3 rings (SSSR count). The molecule has 24 heavy (non-hydrogen) atoms. The van der Waals surface area contributed by atoms with Crippen LogP contribution in [0.15, 0.2) is 12.2 Å². The summed E-state index contributed by atoms with van der Waals surface area (Å²) in [6.45, 7) is 6.48. The van der Waals surface area contributed by atoms with Crippen LogP contribution in [-0.2, 0) is 23.7 Å². The molecule has 8 unspecified atom stereocenters. The van der Waals surface area contributed by atoms with Gasteiger partial charge >= 0.3 is 5.97 Å². The summed E-state index contributed by atoms with van der Waals surface area (Å²) in [4.78, 5) is 12.7. The highest BCUT2D eigenvalue weighted by Crippen LogP contribution is 2.55. The van der Waals surface area contributed by atoms with Crippen LogP contribution in [0.1, 0.15) is 19.8 Å². The van der Waals surface area contributed by atoms with Crippen molar-refractivity contribution in [2.24, 2.45) is 23.7 Å². The van der Waals surface area contributed by atoms with E-state index in [1.54, 1.807) is 14.2 Å². The monoisotopic (exact) mass is 358 g/mol. The molecule has 0 amide bonds. The number of carbonyl (C=O) groups excluding carboxylic acids is 1. The smallest absolute Gasteiger partial charge is 0.340 e. The molecule has 5 nitrogen and oxygen atoms in total. The van der Waals surface area contributed by atoms with Gasteiger partial charge in [-0.2, -0.15) is 0 Å². The van der Waals surface area contributed by atoms with E-state index in [2.05, 4.69) is 13.5 Å². The summed E-state index contributed by atoms with van der Waals surface area (Å²) in [6, 6.07) is 0. The maximum absolute atomic E-state index is 12.7. The van der Waals surface area contributed by atoms with E-state index in [1.807, 2.05) is 0 Å². The fourth-order valence-corrected chi connectivity index (χ4v) is 5.62. The SMILES string of the molecule is C=C1CC(OC)C2C(OC(=O)C2(CCl)OC)C2C1CC(OC)C2C. The number of fused-ring (bicyclic) bond motifs is 3.